The van der Waals surface area contributed by atoms with Crippen molar-refractivity contribution in [2.45, 2.75) is 32.4 Å². The van der Waals surface area contributed by atoms with Crippen molar-refractivity contribution in [3.63, 3.8) is 0 Å². The van der Waals surface area contributed by atoms with Crippen LogP contribution >= 0.6 is 0 Å². The standard InChI is InChI=1S/C25H21NO4/c1-15(2)16-9-11-17(12-10-16)22-21-23(27)19-7-3-4-8-20(19)30-24(21)25(28)26(22)14-18-6-5-13-29-18/h3-13,15,22H,14H2,1-2H3/t22-/m0/s1. The van der Waals surface area contributed by atoms with Crippen LogP contribution in [0.4, 0.5) is 0 Å². The number of furan rings is 1. The Morgan fingerprint density at radius 2 is 1.73 bits per heavy atom. The molecule has 0 saturated heterocycles. The minimum atomic E-state index is -0.528. The summed E-state index contributed by atoms with van der Waals surface area (Å²) in [6.45, 7) is 4.52. The maximum Gasteiger partial charge on any atom is 0.291 e. The summed E-state index contributed by atoms with van der Waals surface area (Å²) in [6, 6.07) is 18.2. The molecule has 1 aliphatic heterocycles. The summed E-state index contributed by atoms with van der Waals surface area (Å²) in [7, 11) is 0. The number of amides is 1. The van der Waals surface area contributed by atoms with Gasteiger partial charge >= 0.3 is 0 Å². The number of nitrogens with zero attached hydrogens (tertiary/aromatic N) is 1. The Hall–Kier alpha value is -3.60. The fourth-order valence-corrected chi connectivity index (χ4v) is 4.11. The van der Waals surface area contributed by atoms with Gasteiger partial charge in [-0.2, -0.15) is 0 Å². The van der Waals surface area contributed by atoms with Gasteiger partial charge in [-0.3, -0.25) is 9.59 Å². The van der Waals surface area contributed by atoms with Crippen molar-refractivity contribution >= 4 is 16.9 Å². The Kier molecular flexibility index (Phi) is 4.31. The molecule has 1 atom stereocenters. The fraction of sp³-hybridized carbons (Fsp3) is 0.200. The van der Waals surface area contributed by atoms with Gasteiger partial charge in [-0.1, -0.05) is 50.2 Å². The molecule has 5 rings (SSSR count). The molecule has 30 heavy (non-hydrogen) atoms. The summed E-state index contributed by atoms with van der Waals surface area (Å²) < 4.78 is 11.4. The number of carbonyl (C=O) groups is 1. The first-order valence-electron chi connectivity index (χ1n) is 10.0. The molecule has 0 radical (unpaired) electrons. The van der Waals surface area contributed by atoms with E-state index in [-0.39, 0.29) is 23.6 Å². The molecular weight excluding hydrogens is 378 g/mol. The van der Waals surface area contributed by atoms with Gasteiger partial charge in [-0.15, -0.1) is 0 Å². The van der Waals surface area contributed by atoms with Crippen molar-refractivity contribution in [1.29, 1.82) is 0 Å². The lowest BCUT2D eigenvalue weighted by Crippen LogP contribution is -2.29. The molecule has 5 nitrogen and oxygen atoms in total. The molecule has 2 aromatic carbocycles. The summed E-state index contributed by atoms with van der Waals surface area (Å²) in [6.07, 6.45) is 1.58. The van der Waals surface area contributed by atoms with Crippen LogP contribution in [0, 0.1) is 0 Å². The molecular formula is C25H21NO4. The van der Waals surface area contributed by atoms with Crippen LogP contribution in [-0.4, -0.2) is 10.8 Å². The molecule has 1 aliphatic rings. The van der Waals surface area contributed by atoms with Crippen LogP contribution in [0.15, 0.2) is 80.6 Å². The van der Waals surface area contributed by atoms with Gasteiger partial charge in [-0.25, -0.2) is 0 Å². The van der Waals surface area contributed by atoms with Crippen molar-refractivity contribution in [3.8, 4) is 0 Å². The lowest BCUT2D eigenvalue weighted by atomic mass is 9.95. The third-order valence-electron chi connectivity index (χ3n) is 5.70. The third kappa shape index (κ3) is 2.86. The summed E-state index contributed by atoms with van der Waals surface area (Å²) in [4.78, 5) is 28.4. The van der Waals surface area contributed by atoms with Crippen LogP contribution in [0.1, 0.15) is 58.8 Å². The van der Waals surface area contributed by atoms with E-state index < -0.39 is 6.04 Å². The van der Waals surface area contributed by atoms with E-state index in [0.29, 0.717) is 28.2 Å². The summed E-state index contributed by atoms with van der Waals surface area (Å²) in [5, 5.41) is 0.479. The van der Waals surface area contributed by atoms with Crippen molar-refractivity contribution in [1.82, 2.24) is 4.90 Å². The molecule has 1 amide bonds. The van der Waals surface area contributed by atoms with E-state index in [0.717, 1.165) is 5.56 Å². The van der Waals surface area contributed by atoms with Gasteiger partial charge in [0.25, 0.3) is 5.91 Å². The Balaban J connectivity index is 1.71. The lowest BCUT2D eigenvalue weighted by Gasteiger charge is -2.24. The summed E-state index contributed by atoms with van der Waals surface area (Å²) >= 11 is 0. The molecule has 0 aliphatic carbocycles. The third-order valence-corrected chi connectivity index (χ3v) is 5.70. The first kappa shape index (κ1) is 18.4. The normalized spacial score (nSPS) is 15.9. The Morgan fingerprint density at radius 1 is 0.967 bits per heavy atom. The molecule has 0 saturated carbocycles. The molecule has 0 bridgehead atoms. The van der Waals surface area contributed by atoms with Gasteiger partial charge in [0.05, 0.1) is 29.8 Å². The van der Waals surface area contributed by atoms with Crippen LogP contribution in [0.2, 0.25) is 0 Å². The van der Waals surface area contributed by atoms with Crippen LogP contribution in [0.3, 0.4) is 0 Å². The van der Waals surface area contributed by atoms with E-state index in [1.807, 2.05) is 18.2 Å². The van der Waals surface area contributed by atoms with E-state index >= 15 is 0 Å². The molecule has 150 valence electrons. The van der Waals surface area contributed by atoms with E-state index in [1.165, 1.54) is 5.56 Å². The Labute approximate surface area is 173 Å². The predicted octanol–water partition coefficient (Wildman–Crippen LogP) is 5.25. The molecule has 0 fully saturated rings. The van der Waals surface area contributed by atoms with Crippen LogP contribution in [0.5, 0.6) is 0 Å². The first-order valence-corrected chi connectivity index (χ1v) is 10.0. The number of benzene rings is 2. The van der Waals surface area contributed by atoms with Crippen molar-refractivity contribution < 1.29 is 13.6 Å². The van der Waals surface area contributed by atoms with Gasteiger partial charge in [-0.05, 0) is 41.3 Å². The Bertz CT molecular complexity index is 1280. The van der Waals surface area contributed by atoms with Gasteiger partial charge in [0, 0.05) is 0 Å². The van der Waals surface area contributed by atoms with E-state index in [2.05, 4.69) is 26.0 Å². The quantitative estimate of drug-likeness (QED) is 0.470. The number of fused-ring (bicyclic) bond motifs is 2. The molecule has 4 aromatic rings. The molecule has 5 heteroatoms. The minimum absolute atomic E-state index is 0.114. The lowest BCUT2D eigenvalue weighted by molar-refractivity contribution is 0.0701. The smallest absolute Gasteiger partial charge is 0.291 e. The predicted molar refractivity (Wildman–Crippen MR) is 113 cm³/mol. The van der Waals surface area contributed by atoms with Gasteiger partial charge in [0.1, 0.15) is 11.3 Å². The highest BCUT2D eigenvalue weighted by atomic mass is 16.3. The maximum atomic E-state index is 13.4. The number of para-hydroxylation sites is 1. The molecule has 2 aromatic heterocycles. The second-order valence-electron chi connectivity index (χ2n) is 7.91. The fourth-order valence-electron chi connectivity index (χ4n) is 4.11. The van der Waals surface area contributed by atoms with Gasteiger partial charge in [0.15, 0.2) is 5.43 Å². The SMILES string of the molecule is CC(C)c1ccc([C@H]2c3c(oc4ccccc4c3=O)C(=O)N2Cc2ccco2)cc1. The average molecular weight is 399 g/mol. The highest BCUT2D eigenvalue weighted by Crippen LogP contribution is 2.39. The van der Waals surface area contributed by atoms with Crippen molar-refractivity contribution in [3.05, 3.63) is 105 Å². The highest BCUT2D eigenvalue weighted by molar-refractivity contribution is 5.99. The summed E-state index contributed by atoms with van der Waals surface area (Å²) in [5.74, 6) is 0.854. The van der Waals surface area contributed by atoms with Crippen molar-refractivity contribution in [2.75, 3.05) is 0 Å². The molecule has 0 N–H and O–H groups in total. The van der Waals surface area contributed by atoms with E-state index in [9.17, 15) is 9.59 Å². The average Bonchev–Trinajstić information content (AvgIpc) is 3.36. The zero-order chi connectivity index (χ0) is 20.8. The molecule has 3 heterocycles. The molecule has 0 spiro atoms. The summed E-state index contributed by atoms with van der Waals surface area (Å²) in [5.41, 5.74) is 2.72. The second kappa shape index (κ2) is 7.02. The van der Waals surface area contributed by atoms with Gasteiger partial charge < -0.3 is 13.7 Å². The van der Waals surface area contributed by atoms with Crippen LogP contribution in [-0.2, 0) is 6.54 Å². The Morgan fingerprint density at radius 3 is 2.43 bits per heavy atom. The zero-order valence-electron chi connectivity index (χ0n) is 16.8. The zero-order valence-corrected chi connectivity index (χ0v) is 16.8. The first-order chi connectivity index (χ1) is 14.5. The van der Waals surface area contributed by atoms with Crippen molar-refractivity contribution in [2.24, 2.45) is 0 Å². The number of carbonyl (C=O) groups excluding carboxylic acids is 1. The van der Waals surface area contributed by atoms with Crippen LogP contribution in [0.25, 0.3) is 11.0 Å². The second-order valence-corrected chi connectivity index (χ2v) is 7.91. The highest BCUT2D eigenvalue weighted by Gasteiger charge is 2.43. The molecule has 0 unspecified atom stereocenters. The van der Waals surface area contributed by atoms with Gasteiger partial charge in [0.2, 0.25) is 5.76 Å². The van der Waals surface area contributed by atoms with E-state index in [1.54, 1.807) is 41.5 Å². The van der Waals surface area contributed by atoms with E-state index in [4.69, 9.17) is 8.83 Å². The monoisotopic (exact) mass is 399 g/mol. The maximum absolute atomic E-state index is 13.4. The number of hydrogen-bond donors (Lipinski definition) is 0. The minimum Gasteiger partial charge on any atom is -0.467 e. The largest absolute Gasteiger partial charge is 0.467 e. The number of hydrogen-bond acceptors (Lipinski definition) is 4. The number of rotatable bonds is 4. The topological polar surface area (TPSA) is 63.7 Å². The van der Waals surface area contributed by atoms with Crippen LogP contribution < -0.4 is 5.43 Å².